The van der Waals surface area contributed by atoms with E-state index >= 15 is 0 Å². The van der Waals surface area contributed by atoms with E-state index in [9.17, 15) is 19.5 Å². The Morgan fingerprint density at radius 1 is 0.489 bits per heavy atom. The molecule has 0 saturated carbocycles. The number of ketones is 2. The van der Waals surface area contributed by atoms with Crippen LogP contribution in [0.25, 0.3) is 0 Å². The second kappa shape index (κ2) is 32.2. The Hall–Kier alpha value is -1.75. The Kier molecular flexibility index (Phi) is 30.9. The van der Waals surface area contributed by atoms with Gasteiger partial charge in [-0.05, 0) is 77.2 Å². The summed E-state index contributed by atoms with van der Waals surface area (Å²) in [4.78, 5) is 38.6. The van der Waals surface area contributed by atoms with Crippen molar-refractivity contribution >= 4 is 17.5 Å². The van der Waals surface area contributed by atoms with Gasteiger partial charge < -0.3 is 10.8 Å². The predicted octanol–water partition coefficient (Wildman–Crippen LogP) is 11.6. The van der Waals surface area contributed by atoms with E-state index in [1.807, 2.05) is 0 Å². The Balaban J connectivity index is 4.16. The number of allylic oxidation sites excluding steroid dienone is 4. The van der Waals surface area contributed by atoms with E-state index in [1.54, 1.807) is 0 Å². The molecule has 3 N–H and O–H groups in total. The van der Waals surface area contributed by atoms with Crippen LogP contribution in [0.15, 0.2) is 24.3 Å². The Morgan fingerprint density at radius 3 is 1.07 bits per heavy atom. The zero-order valence-electron chi connectivity index (χ0n) is 29.8. The Labute approximate surface area is 278 Å². The topological polar surface area (TPSA) is 97.5 Å². The molecular weight excluding hydrogens is 558 g/mol. The normalized spacial score (nSPS) is 13.1. The highest BCUT2D eigenvalue weighted by atomic mass is 16.4. The first kappa shape index (κ1) is 43.2. The summed E-state index contributed by atoms with van der Waals surface area (Å²) >= 11 is 0. The zero-order chi connectivity index (χ0) is 33.3. The molecule has 0 aliphatic heterocycles. The van der Waals surface area contributed by atoms with Crippen LogP contribution in [0.2, 0.25) is 0 Å². The summed E-state index contributed by atoms with van der Waals surface area (Å²) in [7, 11) is 0. The number of hydrogen-bond acceptors (Lipinski definition) is 4. The fourth-order valence-corrected chi connectivity index (χ4v) is 6.14. The molecule has 0 radical (unpaired) electrons. The van der Waals surface area contributed by atoms with Gasteiger partial charge in [-0.3, -0.25) is 14.4 Å². The van der Waals surface area contributed by atoms with Crippen LogP contribution in [0.4, 0.5) is 0 Å². The summed E-state index contributed by atoms with van der Waals surface area (Å²) in [5, 5.41) is 10.0. The van der Waals surface area contributed by atoms with Gasteiger partial charge in [-0.25, -0.2) is 0 Å². The lowest BCUT2D eigenvalue weighted by Gasteiger charge is -2.26. The standard InChI is InChI=1S/C40H73NO4/c1-3-5-7-9-11-13-15-17-19-21-23-25-27-29-31-33-37(42)40(35-36-41,39(44)45)38(43)34-32-30-28-26-24-22-20-18-16-14-12-10-8-6-4-2/h17-20H,3-16,21-36,41H2,1-2H3,(H,44,45). The Morgan fingerprint density at radius 2 is 0.778 bits per heavy atom. The van der Waals surface area contributed by atoms with Crippen LogP contribution in [0.3, 0.4) is 0 Å². The molecule has 262 valence electrons. The third kappa shape index (κ3) is 23.3. The van der Waals surface area contributed by atoms with Gasteiger partial charge in [-0.1, -0.05) is 141 Å². The predicted molar refractivity (Wildman–Crippen MR) is 193 cm³/mol. The molecule has 0 rings (SSSR count). The number of carbonyl (C=O) groups excluding carboxylic acids is 2. The summed E-state index contributed by atoms with van der Waals surface area (Å²) in [6.45, 7) is 4.52. The van der Waals surface area contributed by atoms with Crippen molar-refractivity contribution in [1.82, 2.24) is 0 Å². The molecule has 0 aromatic carbocycles. The van der Waals surface area contributed by atoms with Gasteiger partial charge in [0, 0.05) is 12.8 Å². The number of unbranched alkanes of at least 4 members (excludes halogenated alkanes) is 22. The minimum absolute atomic E-state index is 0.0164. The lowest BCUT2D eigenvalue weighted by molar-refractivity contribution is -0.160. The third-order valence-electron chi connectivity index (χ3n) is 9.17. The van der Waals surface area contributed by atoms with Crippen LogP contribution in [-0.2, 0) is 14.4 Å². The van der Waals surface area contributed by atoms with Gasteiger partial charge in [0.1, 0.15) is 0 Å². The minimum atomic E-state index is -1.96. The number of aliphatic carboxylic acids is 1. The van der Waals surface area contributed by atoms with Gasteiger partial charge in [0.15, 0.2) is 17.0 Å². The quantitative estimate of drug-likeness (QED) is 0.0412. The number of carboxylic acid groups (broad SMARTS) is 1. The minimum Gasteiger partial charge on any atom is -0.480 e. The fraction of sp³-hybridized carbons (Fsp3) is 0.825. The van der Waals surface area contributed by atoms with Gasteiger partial charge in [-0.2, -0.15) is 0 Å². The van der Waals surface area contributed by atoms with Crippen LogP contribution < -0.4 is 5.73 Å². The molecule has 0 heterocycles. The maximum absolute atomic E-state index is 13.2. The SMILES string of the molecule is CCCCCCCCC=CCCCCCCCC(=O)C(CCN)(C(=O)O)C(=O)CCCCCCCC=CCCCCCCCC. The van der Waals surface area contributed by atoms with Crippen LogP contribution in [-0.4, -0.2) is 29.2 Å². The molecule has 0 aromatic heterocycles. The summed E-state index contributed by atoms with van der Waals surface area (Å²) in [6, 6.07) is 0. The van der Waals surface area contributed by atoms with Crippen molar-refractivity contribution in [2.45, 2.75) is 200 Å². The average molecular weight is 632 g/mol. The third-order valence-corrected chi connectivity index (χ3v) is 9.17. The lowest BCUT2D eigenvalue weighted by Crippen LogP contribution is -2.47. The van der Waals surface area contributed by atoms with Crippen molar-refractivity contribution in [1.29, 1.82) is 0 Å². The fourth-order valence-electron chi connectivity index (χ4n) is 6.14. The van der Waals surface area contributed by atoms with Crippen molar-refractivity contribution in [3.8, 4) is 0 Å². The van der Waals surface area contributed by atoms with E-state index in [4.69, 9.17) is 5.73 Å². The summed E-state index contributed by atoms with van der Waals surface area (Å²) in [5.74, 6) is -2.21. The number of rotatable bonds is 35. The second-order valence-electron chi connectivity index (χ2n) is 13.3. The molecule has 0 fully saturated rings. The molecule has 45 heavy (non-hydrogen) atoms. The van der Waals surface area contributed by atoms with Crippen molar-refractivity contribution in [3.63, 3.8) is 0 Å². The number of nitrogens with two attached hydrogens (primary N) is 1. The molecule has 0 amide bonds. The monoisotopic (exact) mass is 632 g/mol. The molecule has 0 atom stereocenters. The van der Waals surface area contributed by atoms with Crippen molar-refractivity contribution < 1.29 is 19.5 Å². The maximum Gasteiger partial charge on any atom is 0.324 e. The number of hydrogen-bond donors (Lipinski definition) is 2. The highest BCUT2D eigenvalue weighted by molar-refractivity contribution is 6.21. The van der Waals surface area contributed by atoms with Crippen LogP contribution in [0.5, 0.6) is 0 Å². The molecule has 0 saturated heterocycles. The highest BCUT2D eigenvalue weighted by Gasteiger charge is 2.50. The first-order valence-electron chi connectivity index (χ1n) is 19.3. The van der Waals surface area contributed by atoms with E-state index in [2.05, 4.69) is 38.2 Å². The maximum atomic E-state index is 13.2. The van der Waals surface area contributed by atoms with Crippen molar-refractivity contribution in [2.24, 2.45) is 11.1 Å². The summed E-state index contributed by atoms with van der Waals surface area (Å²) in [6.07, 6.45) is 39.5. The highest BCUT2D eigenvalue weighted by Crippen LogP contribution is 2.30. The first-order valence-corrected chi connectivity index (χ1v) is 19.3. The van der Waals surface area contributed by atoms with E-state index in [0.717, 1.165) is 64.2 Å². The summed E-state index contributed by atoms with van der Waals surface area (Å²) < 4.78 is 0. The van der Waals surface area contributed by atoms with Crippen LogP contribution in [0, 0.1) is 5.41 Å². The van der Waals surface area contributed by atoms with Gasteiger partial charge in [0.2, 0.25) is 0 Å². The Bertz CT molecular complexity index is 720. The van der Waals surface area contributed by atoms with E-state index in [1.165, 1.54) is 89.9 Å². The van der Waals surface area contributed by atoms with Crippen LogP contribution >= 0.6 is 0 Å². The number of carboxylic acids is 1. The molecular formula is C40H73NO4. The molecule has 0 aliphatic carbocycles. The molecule has 0 bridgehead atoms. The van der Waals surface area contributed by atoms with E-state index in [0.29, 0.717) is 12.8 Å². The van der Waals surface area contributed by atoms with Gasteiger partial charge in [-0.15, -0.1) is 0 Å². The number of Topliss-reactive ketones (excluding diaryl/α,β-unsaturated/α-hetero) is 2. The molecule has 0 unspecified atom stereocenters. The number of carbonyl (C=O) groups is 3. The smallest absolute Gasteiger partial charge is 0.324 e. The molecule has 0 aromatic rings. The van der Waals surface area contributed by atoms with Gasteiger partial charge in [0.05, 0.1) is 0 Å². The van der Waals surface area contributed by atoms with Gasteiger partial charge >= 0.3 is 5.97 Å². The molecule has 0 spiro atoms. The van der Waals surface area contributed by atoms with Crippen LogP contribution in [0.1, 0.15) is 200 Å². The molecule has 5 nitrogen and oxygen atoms in total. The largest absolute Gasteiger partial charge is 0.480 e. The first-order chi connectivity index (χ1) is 22.0. The van der Waals surface area contributed by atoms with E-state index < -0.39 is 23.0 Å². The van der Waals surface area contributed by atoms with E-state index in [-0.39, 0.29) is 25.8 Å². The van der Waals surface area contributed by atoms with Crippen molar-refractivity contribution in [3.05, 3.63) is 24.3 Å². The zero-order valence-corrected chi connectivity index (χ0v) is 29.8. The lowest BCUT2D eigenvalue weighted by atomic mass is 9.73. The average Bonchev–Trinajstić information content (AvgIpc) is 3.03. The summed E-state index contributed by atoms with van der Waals surface area (Å²) in [5.41, 5.74) is 3.76. The van der Waals surface area contributed by atoms with Gasteiger partial charge in [0.25, 0.3) is 0 Å². The second-order valence-corrected chi connectivity index (χ2v) is 13.3. The van der Waals surface area contributed by atoms with Crippen molar-refractivity contribution in [2.75, 3.05) is 6.54 Å². The molecule has 5 heteroatoms. The molecule has 0 aliphatic rings.